The van der Waals surface area contributed by atoms with E-state index in [2.05, 4.69) is 15.1 Å². The fourth-order valence-corrected chi connectivity index (χ4v) is 3.58. The number of benzene rings is 2. The second-order valence-corrected chi connectivity index (χ2v) is 7.12. The van der Waals surface area contributed by atoms with Crippen LogP contribution in [0.1, 0.15) is 0 Å². The molecule has 3 rings (SSSR count). The number of hydrogen-bond acceptors (Lipinski definition) is 5. The summed E-state index contributed by atoms with van der Waals surface area (Å²) in [5.41, 5.74) is 1.96. The zero-order valence-electron chi connectivity index (χ0n) is 16.2. The molecule has 0 bridgehead atoms. The Bertz CT molecular complexity index is 799. The van der Waals surface area contributed by atoms with Crippen LogP contribution < -0.4 is 24.4 Å². The van der Waals surface area contributed by atoms with Crippen molar-refractivity contribution >= 4 is 40.3 Å². The van der Waals surface area contributed by atoms with Gasteiger partial charge in [0.05, 0.1) is 21.3 Å². The van der Waals surface area contributed by atoms with Crippen molar-refractivity contribution in [2.45, 2.75) is 0 Å². The van der Waals surface area contributed by atoms with Crippen molar-refractivity contribution in [3.8, 4) is 17.2 Å². The molecule has 1 aliphatic rings. The Labute approximate surface area is 175 Å². The van der Waals surface area contributed by atoms with Gasteiger partial charge in [-0.3, -0.25) is 0 Å². The van der Waals surface area contributed by atoms with Gasteiger partial charge in [-0.1, -0.05) is 11.6 Å². The SMILES string of the molecule is COc1cc(N2CCN(C(=S)Nc3ccc(Cl)cc3)CC2)cc(OC)c1OC. The number of anilines is 2. The van der Waals surface area contributed by atoms with Crippen LogP contribution in [-0.2, 0) is 0 Å². The summed E-state index contributed by atoms with van der Waals surface area (Å²) in [6.07, 6.45) is 0. The molecule has 0 saturated carbocycles. The standard InChI is InChI=1S/C20H24ClN3O3S/c1-25-17-12-16(13-18(26-2)19(17)27-3)23-8-10-24(11-9-23)20(28)22-15-6-4-14(21)5-7-15/h4-7,12-13H,8-11H2,1-3H3,(H,22,28). The van der Waals surface area contributed by atoms with Crippen molar-refractivity contribution in [3.63, 3.8) is 0 Å². The molecule has 1 fully saturated rings. The van der Waals surface area contributed by atoms with E-state index >= 15 is 0 Å². The second-order valence-electron chi connectivity index (χ2n) is 6.29. The molecule has 0 radical (unpaired) electrons. The van der Waals surface area contributed by atoms with Crippen molar-refractivity contribution < 1.29 is 14.2 Å². The Kier molecular flexibility index (Phi) is 6.70. The first-order valence-corrected chi connectivity index (χ1v) is 9.70. The maximum Gasteiger partial charge on any atom is 0.203 e. The molecule has 8 heteroatoms. The van der Waals surface area contributed by atoms with Crippen molar-refractivity contribution in [3.05, 3.63) is 41.4 Å². The van der Waals surface area contributed by atoms with Gasteiger partial charge < -0.3 is 29.3 Å². The van der Waals surface area contributed by atoms with E-state index < -0.39 is 0 Å². The second kappa shape index (κ2) is 9.21. The summed E-state index contributed by atoms with van der Waals surface area (Å²) in [4.78, 5) is 4.45. The Morgan fingerprint density at radius 1 is 0.929 bits per heavy atom. The van der Waals surface area contributed by atoms with Crippen molar-refractivity contribution in [1.82, 2.24) is 4.90 Å². The predicted octanol–water partition coefficient (Wildman–Crippen LogP) is 3.88. The smallest absolute Gasteiger partial charge is 0.203 e. The number of thiocarbonyl (C=S) groups is 1. The Morgan fingerprint density at radius 2 is 1.50 bits per heavy atom. The number of hydrogen-bond donors (Lipinski definition) is 1. The van der Waals surface area contributed by atoms with Crippen molar-refractivity contribution in [2.24, 2.45) is 0 Å². The lowest BCUT2D eigenvalue weighted by Gasteiger charge is -2.37. The Balaban J connectivity index is 1.65. The molecule has 1 aliphatic heterocycles. The molecule has 2 aromatic rings. The summed E-state index contributed by atoms with van der Waals surface area (Å²) in [6, 6.07) is 11.5. The zero-order chi connectivity index (χ0) is 20.1. The van der Waals surface area contributed by atoms with Crippen LogP contribution in [-0.4, -0.2) is 57.5 Å². The van der Waals surface area contributed by atoms with Crippen LogP contribution >= 0.6 is 23.8 Å². The molecule has 0 atom stereocenters. The van der Waals surface area contributed by atoms with Gasteiger partial charge in [0, 0.05) is 54.7 Å². The van der Waals surface area contributed by atoms with Gasteiger partial charge in [0.15, 0.2) is 16.6 Å². The van der Waals surface area contributed by atoms with Gasteiger partial charge in [0.1, 0.15) is 0 Å². The summed E-state index contributed by atoms with van der Waals surface area (Å²) < 4.78 is 16.3. The maximum atomic E-state index is 5.93. The highest BCUT2D eigenvalue weighted by Gasteiger charge is 2.22. The number of piperazine rings is 1. The molecule has 2 aromatic carbocycles. The van der Waals surface area contributed by atoms with E-state index in [-0.39, 0.29) is 0 Å². The molecular formula is C20H24ClN3O3S. The molecule has 0 unspecified atom stereocenters. The van der Waals surface area contributed by atoms with Crippen LogP contribution in [0.3, 0.4) is 0 Å². The van der Waals surface area contributed by atoms with Gasteiger partial charge in [-0.05, 0) is 36.5 Å². The lowest BCUT2D eigenvalue weighted by Crippen LogP contribution is -2.50. The molecule has 150 valence electrons. The Hall–Kier alpha value is -2.38. The minimum absolute atomic E-state index is 0.598. The third-order valence-electron chi connectivity index (χ3n) is 4.68. The van der Waals surface area contributed by atoms with Crippen LogP contribution in [0.4, 0.5) is 11.4 Å². The first-order chi connectivity index (χ1) is 13.5. The lowest BCUT2D eigenvalue weighted by molar-refractivity contribution is 0.324. The largest absolute Gasteiger partial charge is 0.493 e. The number of halogens is 1. The maximum absolute atomic E-state index is 5.93. The van der Waals surface area contributed by atoms with E-state index in [0.29, 0.717) is 27.4 Å². The average Bonchev–Trinajstić information content (AvgIpc) is 2.74. The van der Waals surface area contributed by atoms with E-state index in [4.69, 9.17) is 38.0 Å². The van der Waals surface area contributed by atoms with Gasteiger partial charge in [0.2, 0.25) is 5.75 Å². The van der Waals surface area contributed by atoms with Gasteiger partial charge in [0.25, 0.3) is 0 Å². The topological polar surface area (TPSA) is 46.2 Å². The van der Waals surface area contributed by atoms with Crippen LogP contribution in [0.5, 0.6) is 17.2 Å². The van der Waals surface area contributed by atoms with Crippen LogP contribution in [0.2, 0.25) is 5.02 Å². The predicted molar refractivity (Wildman–Crippen MR) is 118 cm³/mol. The quantitative estimate of drug-likeness (QED) is 0.735. The molecule has 0 spiro atoms. The minimum Gasteiger partial charge on any atom is -0.493 e. The molecule has 0 aliphatic carbocycles. The highest BCUT2D eigenvalue weighted by atomic mass is 35.5. The fraction of sp³-hybridized carbons (Fsp3) is 0.350. The number of ether oxygens (including phenoxy) is 3. The van der Waals surface area contributed by atoms with E-state index in [0.717, 1.165) is 37.6 Å². The fourth-order valence-electron chi connectivity index (χ4n) is 3.15. The third-order valence-corrected chi connectivity index (χ3v) is 5.29. The highest BCUT2D eigenvalue weighted by molar-refractivity contribution is 7.80. The molecule has 0 amide bonds. The molecule has 1 saturated heterocycles. The molecule has 1 heterocycles. The molecule has 28 heavy (non-hydrogen) atoms. The molecule has 0 aromatic heterocycles. The van der Waals surface area contributed by atoms with Crippen molar-refractivity contribution in [2.75, 3.05) is 57.7 Å². The third kappa shape index (κ3) is 4.54. The summed E-state index contributed by atoms with van der Waals surface area (Å²) >= 11 is 11.5. The normalized spacial score (nSPS) is 13.9. The first kappa shape index (κ1) is 20.4. The van der Waals surface area contributed by atoms with Gasteiger partial charge in [-0.25, -0.2) is 0 Å². The molecule has 6 nitrogen and oxygen atoms in total. The molecule has 1 N–H and O–H groups in total. The molecular weight excluding hydrogens is 398 g/mol. The summed E-state index contributed by atoms with van der Waals surface area (Å²) in [6.45, 7) is 3.30. The van der Waals surface area contributed by atoms with Gasteiger partial charge in [-0.2, -0.15) is 0 Å². The van der Waals surface area contributed by atoms with Gasteiger partial charge in [-0.15, -0.1) is 0 Å². The van der Waals surface area contributed by atoms with Crippen LogP contribution in [0.15, 0.2) is 36.4 Å². The number of nitrogens with one attached hydrogen (secondary N) is 1. The Morgan fingerprint density at radius 3 is 2.00 bits per heavy atom. The van der Waals surface area contributed by atoms with Crippen molar-refractivity contribution in [1.29, 1.82) is 0 Å². The average molecular weight is 422 g/mol. The number of rotatable bonds is 5. The van der Waals surface area contributed by atoms with Gasteiger partial charge >= 0.3 is 0 Å². The van der Waals surface area contributed by atoms with Crippen LogP contribution in [0.25, 0.3) is 0 Å². The van der Waals surface area contributed by atoms with E-state index in [1.54, 1.807) is 21.3 Å². The number of methoxy groups -OCH3 is 3. The summed E-state index contributed by atoms with van der Waals surface area (Å²) in [7, 11) is 4.85. The number of nitrogens with zero attached hydrogens (tertiary/aromatic N) is 2. The van der Waals surface area contributed by atoms with E-state index in [1.807, 2.05) is 36.4 Å². The lowest BCUT2D eigenvalue weighted by atomic mass is 10.2. The zero-order valence-corrected chi connectivity index (χ0v) is 17.8. The van der Waals surface area contributed by atoms with E-state index in [9.17, 15) is 0 Å². The summed E-state index contributed by atoms with van der Waals surface area (Å²) in [5.74, 6) is 1.90. The monoisotopic (exact) mass is 421 g/mol. The van der Waals surface area contributed by atoms with E-state index in [1.165, 1.54) is 0 Å². The highest BCUT2D eigenvalue weighted by Crippen LogP contribution is 2.41. The summed E-state index contributed by atoms with van der Waals surface area (Å²) in [5, 5.41) is 4.69. The first-order valence-electron chi connectivity index (χ1n) is 8.92. The minimum atomic E-state index is 0.598. The van der Waals surface area contributed by atoms with Crippen LogP contribution in [0, 0.1) is 0 Å².